The maximum absolute atomic E-state index is 14.3. The Labute approximate surface area is 240 Å². The number of hydrogen-bond acceptors (Lipinski definition) is 3. The summed E-state index contributed by atoms with van der Waals surface area (Å²) in [5, 5.41) is 10.5. The molecule has 1 aliphatic heterocycles. The average molecular weight is 547 g/mol. The third kappa shape index (κ3) is 5.78. The highest BCUT2D eigenvalue weighted by Gasteiger charge is 2.47. The van der Waals surface area contributed by atoms with Crippen molar-refractivity contribution in [2.24, 2.45) is 0 Å². The first-order chi connectivity index (χ1) is 20.0. The molecule has 5 rings (SSSR count). The average Bonchev–Trinajstić information content (AvgIpc) is 3.02. The first-order valence-corrected chi connectivity index (χ1v) is 14.0. The maximum Gasteiger partial charge on any atom is 0.328 e. The Morgan fingerprint density at radius 2 is 0.927 bits per heavy atom. The zero-order chi connectivity index (χ0) is 28.8. The van der Waals surface area contributed by atoms with Crippen LogP contribution >= 0.6 is 0 Å². The highest BCUT2D eigenvalue weighted by atomic mass is 16.4. The van der Waals surface area contributed by atoms with Gasteiger partial charge in [-0.25, -0.2) is 4.79 Å². The van der Waals surface area contributed by atoms with Crippen molar-refractivity contribution in [3.05, 3.63) is 144 Å². The molecule has 4 aromatic rings. The van der Waals surface area contributed by atoms with Crippen molar-refractivity contribution in [2.45, 2.75) is 37.3 Å². The molecule has 0 spiro atoms. The van der Waals surface area contributed by atoms with E-state index < -0.39 is 29.9 Å². The van der Waals surface area contributed by atoms with Crippen molar-refractivity contribution < 1.29 is 19.5 Å². The number of hydrogen-bond donors (Lipinski definition) is 1. The Morgan fingerprint density at radius 1 is 0.610 bits per heavy atom. The summed E-state index contributed by atoms with van der Waals surface area (Å²) in [6.07, 6.45) is 0.393. The van der Waals surface area contributed by atoms with E-state index in [1.165, 1.54) is 4.90 Å². The minimum absolute atomic E-state index is 0.129. The van der Waals surface area contributed by atoms with Crippen molar-refractivity contribution in [3.63, 3.8) is 0 Å². The third-order valence-electron chi connectivity index (χ3n) is 7.95. The molecule has 0 unspecified atom stereocenters. The smallest absolute Gasteiger partial charge is 0.328 e. The fraction of sp³-hybridized carbons (Fsp3) is 0.229. The van der Waals surface area contributed by atoms with Crippen LogP contribution in [0.5, 0.6) is 0 Å². The van der Waals surface area contributed by atoms with E-state index in [4.69, 9.17) is 0 Å². The van der Waals surface area contributed by atoms with Crippen molar-refractivity contribution in [2.75, 3.05) is 13.1 Å². The predicted molar refractivity (Wildman–Crippen MR) is 158 cm³/mol. The van der Waals surface area contributed by atoms with Gasteiger partial charge in [-0.15, -0.1) is 0 Å². The van der Waals surface area contributed by atoms with E-state index in [0.29, 0.717) is 6.42 Å². The van der Waals surface area contributed by atoms with Crippen LogP contribution < -0.4 is 0 Å². The molecule has 41 heavy (non-hydrogen) atoms. The number of benzene rings is 4. The minimum Gasteiger partial charge on any atom is -0.480 e. The molecule has 4 aromatic carbocycles. The van der Waals surface area contributed by atoms with E-state index in [1.54, 1.807) is 4.90 Å². The van der Waals surface area contributed by atoms with Gasteiger partial charge < -0.3 is 14.9 Å². The molecular weight excluding hydrogens is 512 g/mol. The SMILES string of the molecule is CC[C@H]1[C@H](C(=O)O)N(C(=O)C(c2ccccc2)c2ccccc2)CCN1C(=O)C(c1ccccc1)c1ccccc1. The van der Waals surface area contributed by atoms with Gasteiger partial charge in [0, 0.05) is 13.1 Å². The van der Waals surface area contributed by atoms with E-state index >= 15 is 0 Å². The van der Waals surface area contributed by atoms with Gasteiger partial charge in [-0.3, -0.25) is 9.59 Å². The summed E-state index contributed by atoms with van der Waals surface area (Å²) in [6.45, 7) is 2.25. The number of amides is 2. The molecule has 0 saturated carbocycles. The molecule has 0 radical (unpaired) electrons. The van der Waals surface area contributed by atoms with Crippen LogP contribution in [-0.2, 0) is 14.4 Å². The first-order valence-electron chi connectivity index (χ1n) is 14.0. The normalized spacial score (nSPS) is 17.0. The summed E-state index contributed by atoms with van der Waals surface area (Å²) in [5.74, 6) is -2.78. The Balaban J connectivity index is 1.51. The lowest BCUT2D eigenvalue weighted by molar-refractivity contribution is -0.161. The van der Waals surface area contributed by atoms with Crippen LogP contribution in [0, 0.1) is 0 Å². The van der Waals surface area contributed by atoms with Gasteiger partial charge in [-0.05, 0) is 28.7 Å². The number of rotatable bonds is 8. The molecule has 0 aromatic heterocycles. The van der Waals surface area contributed by atoms with Crippen LogP contribution in [0.15, 0.2) is 121 Å². The lowest BCUT2D eigenvalue weighted by atomic mass is 9.86. The molecule has 1 N–H and O–H groups in total. The van der Waals surface area contributed by atoms with Crippen LogP contribution in [0.2, 0.25) is 0 Å². The topological polar surface area (TPSA) is 77.9 Å². The molecular formula is C35H34N2O4. The van der Waals surface area contributed by atoms with Crippen LogP contribution in [-0.4, -0.2) is 57.9 Å². The second kappa shape index (κ2) is 12.6. The van der Waals surface area contributed by atoms with E-state index in [9.17, 15) is 19.5 Å². The Bertz CT molecular complexity index is 1380. The molecule has 208 valence electrons. The minimum atomic E-state index is -1.17. The molecule has 0 bridgehead atoms. The van der Waals surface area contributed by atoms with Crippen LogP contribution in [0.4, 0.5) is 0 Å². The summed E-state index contributed by atoms with van der Waals surface area (Å²) in [6, 6.07) is 36.2. The number of carbonyl (C=O) groups is 3. The molecule has 1 saturated heterocycles. The van der Waals surface area contributed by atoms with Crippen molar-refractivity contribution in [1.29, 1.82) is 0 Å². The molecule has 2 atom stereocenters. The summed E-state index contributed by atoms with van der Waals surface area (Å²) < 4.78 is 0. The van der Waals surface area contributed by atoms with Gasteiger partial charge in [0.2, 0.25) is 11.8 Å². The lowest BCUT2D eigenvalue weighted by Gasteiger charge is -2.47. The second-order valence-corrected chi connectivity index (χ2v) is 10.3. The molecule has 0 aliphatic carbocycles. The fourth-order valence-electron chi connectivity index (χ4n) is 6.03. The summed E-state index contributed by atoms with van der Waals surface area (Å²) in [7, 11) is 0. The van der Waals surface area contributed by atoms with Gasteiger partial charge in [0.05, 0.1) is 17.9 Å². The zero-order valence-electron chi connectivity index (χ0n) is 23.0. The Kier molecular flexibility index (Phi) is 8.59. The zero-order valence-corrected chi connectivity index (χ0v) is 23.0. The van der Waals surface area contributed by atoms with Gasteiger partial charge in [0.1, 0.15) is 6.04 Å². The first kappa shape index (κ1) is 27.8. The van der Waals surface area contributed by atoms with E-state index in [-0.39, 0.29) is 24.9 Å². The van der Waals surface area contributed by atoms with Gasteiger partial charge in [-0.1, -0.05) is 128 Å². The van der Waals surface area contributed by atoms with E-state index in [2.05, 4.69) is 0 Å². The van der Waals surface area contributed by atoms with E-state index in [0.717, 1.165) is 22.3 Å². The lowest BCUT2D eigenvalue weighted by Crippen LogP contribution is -2.65. The fourth-order valence-corrected chi connectivity index (χ4v) is 6.03. The van der Waals surface area contributed by atoms with Crippen LogP contribution in [0.25, 0.3) is 0 Å². The number of carboxylic acids is 1. The number of aliphatic carboxylic acids is 1. The number of carboxylic acid groups (broad SMARTS) is 1. The van der Waals surface area contributed by atoms with Crippen LogP contribution in [0.1, 0.15) is 47.4 Å². The molecule has 1 heterocycles. The monoisotopic (exact) mass is 546 g/mol. The van der Waals surface area contributed by atoms with Crippen molar-refractivity contribution in [1.82, 2.24) is 9.80 Å². The second-order valence-electron chi connectivity index (χ2n) is 10.3. The Morgan fingerprint density at radius 3 is 1.24 bits per heavy atom. The summed E-state index contributed by atoms with van der Waals surface area (Å²) in [5.41, 5.74) is 3.29. The standard InChI is InChI=1S/C35H34N2O4/c1-2-29-32(35(40)41)37(34(39)31(27-19-11-5-12-20-27)28-21-13-6-14-22-28)24-23-36(29)33(38)30(25-15-7-3-8-16-25)26-17-9-4-10-18-26/h3-22,29-32H,2,23-24H2,1H3,(H,40,41)/t29-,32+/m0/s1. The third-order valence-corrected chi connectivity index (χ3v) is 7.95. The highest BCUT2D eigenvalue weighted by Crippen LogP contribution is 2.34. The highest BCUT2D eigenvalue weighted by molar-refractivity contribution is 5.93. The van der Waals surface area contributed by atoms with Gasteiger partial charge in [0.25, 0.3) is 0 Å². The van der Waals surface area contributed by atoms with Gasteiger partial charge in [-0.2, -0.15) is 0 Å². The molecule has 1 fully saturated rings. The molecule has 1 aliphatic rings. The Hall–Kier alpha value is -4.71. The maximum atomic E-state index is 14.3. The predicted octanol–water partition coefficient (Wildman–Crippen LogP) is 5.55. The van der Waals surface area contributed by atoms with Crippen molar-refractivity contribution in [3.8, 4) is 0 Å². The largest absolute Gasteiger partial charge is 0.480 e. The molecule has 6 nitrogen and oxygen atoms in total. The quantitative estimate of drug-likeness (QED) is 0.314. The number of carbonyl (C=O) groups excluding carboxylic acids is 2. The van der Waals surface area contributed by atoms with E-state index in [1.807, 2.05) is 128 Å². The molecule has 6 heteroatoms. The summed E-state index contributed by atoms with van der Waals surface area (Å²) in [4.78, 5) is 44.7. The molecule has 2 amide bonds. The van der Waals surface area contributed by atoms with Gasteiger partial charge in [0.15, 0.2) is 0 Å². The van der Waals surface area contributed by atoms with Crippen molar-refractivity contribution >= 4 is 17.8 Å². The van der Waals surface area contributed by atoms with Crippen LogP contribution in [0.3, 0.4) is 0 Å². The number of piperazine rings is 1. The number of nitrogens with zero attached hydrogens (tertiary/aromatic N) is 2. The van der Waals surface area contributed by atoms with Gasteiger partial charge >= 0.3 is 5.97 Å². The summed E-state index contributed by atoms with van der Waals surface area (Å²) >= 11 is 0.